The van der Waals surface area contributed by atoms with Gasteiger partial charge in [0, 0.05) is 25.2 Å². The van der Waals surface area contributed by atoms with Gasteiger partial charge >= 0.3 is 6.09 Å². The molecule has 0 aromatic heterocycles. The van der Waals surface area contributed by atoms with Crippen molar-refractivity contribution in [2.45, 2.75) is 25.9 Å². The molecule has 21 heavy (non-hydrogen) atoms. The van der Waals surface area contributed by atoms with Gasteiger partial charge in [-0.25, -0.2) is 4.79 Å². The van der Waals surface area contributed by atoms with Gasteiger partial charge in [-0.1, -0.05) is 6.07 Å². The normalized spacial score (nSPS) is 15.0. The molecule has 0 aliphatic carbocycles. The Labute approximate surface area is 120 Å². The molecule has 0 fully saturated rings. The number of nitro benzene ring substituents is 1. The van der Waals surface area contributed by atoms with Gasteiger partial charge in [0.2, 0.25) is 5.91 Å². The summed E-state index contributed by atoms with van der Waals surface area (Å²) in [6, 6.07) is 3.77. The zero-order chi connectivity index (χ0) is 15.6. The highest BCUT2D eigenvalue weighted by molar-refractivity contribution is 5.85. The van der Waals surface area contributed by atoms with Crippen molar-refractivity contribution >= 4 is 17.7 Å². The van der Waals surface area contributed by atoms with Crippen molar-refractivity contribution in [3.05, 3.63) is 39.4 Å². The van der Waals surface area contributed by atoms with Crippen LogP contribution in [-0.2, 0) is 17.8 Å². The molecule has 1 heterocycles. The molecule has 1 aromatic rings. The molecule has 0 saturated heterocycles. The lowest BCUT2D eigenvalue weighted by molar-refractivity contribution is -0.385. The summed E-state index contributed by atoms with van der Waals surface area (Å²) in [6.45, 7) is 2.19. The molecule has 8 nitrogen and oxygen atoms in total. The minimum atomic E-state index is -1.26. The molecule has 1 aliphatic rings. The number of benzene rings is 1. The third kappa shape index (κ3) is 3.28. The second-order valence-electron chi connectivity index (χ2n) is 4.89. The second-order valence-corrected chi connectivity index (χ2v) is 4.89. The molecular formula is C13H15N3O5. The number of nitrogens with zero attached hydrogens (tertiary/aromatic N) is 2. The Hall–Kier alpha value is -2.64. The van der Waals surface area contributed by atoms with E-state index < -0.39 is 17.1 Å². The van der Waals surface area contributed by atoms with Crippen LogP contribution in [0.25, 0.3) is 0 Å². The number of nitrogens with one attached hydrogen (secondary N) is 1. The Bertz CT molecular complexity index is 601. The molecule has 0 radical (unpaired) electrons. The molecule has 2 amide bonds. The number of carboxylic acid groups (broad SMARTS) is 1. The number of carbonyl (C=O) groups is 2. The molecule has 1 atom stereocenters. The van der Waals surface area contributed by atoms with E-state index in [0.29, 0.717) is 13.0 Å². The lowest BCUT2D eigenvalue weighted by Crippen LogP contribution is -2.48. The number of amides is 2. The third-order valence-electron chi connectivity index (χ3n) is 3.44. The summed E-state index contributed by atoms with van der Waals surface area (Å²) < 4.78 is 0. The van der Waals surface area contributed by atoms with Gasteiger partial charge in [-0.15, -0.1) is 0 Å². The van der Waals surface area contributed by atoms with E-state index in [9.17, 15) is 19.7 Å². The van der Waals surface area contributed by atoms with E-state index in [1.165, 1.54) is 24.0 Å². The fourth-order valence-electron chi connectivity index (χ4n) is 2.37. The van der Waals surface area contributed by atoms with E-state index in [1.807, 2.05) is 0 Å². The first-order chi connectivity index (χ1) is 9.88. The molecule has 8 heteroatoms. The van der Waals surface area contributed by atoms with Crippen molar-refractivity contribution in [1.29, 1.82) is 0 Å². The zero-order valence-electron chi connectivity index (χ0n) is 11.4. The standard InChI is InChI=1S/C13H15N3O5/c1-8(14-13(18)19)12(17)15-5-4-9-2-3-11(16(20)21)6-10(9)7-15/h2-3,6,8,14H,4-5,7H2,1H3,(H,18,19). The molecule has 2 N–H and O–H groups in total. The highest BCUT2D eigenvalue weighted by Crippen LogP contribution is 2.24. The minimum absolute atomic E-state index is 0.0141. The van der Waals surface area contributed by atoms with Gasteiger partial charge in [-0.3, -0.25) is 14.9 Å². The van der Waals surface area contributed by atoms with Gasteiger partial charge < -0.3 is 15.3 Å². The average Bonchev–Trinajstić information content (AvgIpc) is 2.44. The van der Waals surface area contributed by atoms with Gasteiger partial charge in [0.15, 0.2) is 0 Å². The van der Waals surface area contributed by atoms with Crippen LogP contribution in [0.4, 0.5) is 10.5 Å². The summed E-state index contributed by atoms with van der Waals surface area (Å²) in [4.78, 5) is 34.5. The summed E-state index contributed by atoms with van der Waals surface area (Å²) in [5.41, 5.74) is 1.69. The largest absolute Gasteiger partial charge is 0.465 e. The maximum Gasteiger partial charge on any atom is 0.405 e. The highest BCUT2D eigenvalue weighted by atomic mass is 16.6. The summed E-state index contributed by atoms with van der Waals surface area (Å²) in [7, 11) is 0. The lowest BCUT2D eigenvalue weighted by atomic mass is 9.98. The van der Waals surface area contributed by atoms with Crippen molar-refractivity contribution in [1.82, 2.24) is 10.2 Å². The van der Waals surface area contributed by atoms with Crippen LogP contribution in [0.5, 0.6) is 0 Å². The molecule has 0 spiro atoms. The van der Waals surface area contributed by atoms with Gasteiger partial charge in [-0.05, 0) is 24.5 Å². The van der Waals surface area contributed by atoms with Crippen molar-refractivity contribution in [2.24, 2.45) is 0 Å². The number of non-ortho nitro benzene ring substituents is 1. The molecule has 1 aliphatic heterocycles. The van der Waals surface area contributed by atoms with E-state index in [4.69, 9.17) is 5.11 Å². The summed E-state index contributed by atoms with van der Waals surface area (Å²) >= 11 is 0. The Morgan fingerprint density at radius 2 is 2.14 bits per heavy atom. The van der Waals surface area contributed by atoms with Crippen LogP contribution in [0.3, 0.4) is 0 Å². The van der Waals surface area contributed by atoms with Gasteiger partial charge in [0.25, 0.3) is 5.69 Å². The zero-order valence-corrected chi connectivity index (χ0v) is 11.4. The van der Waals surface area contributed by atoms with Crippen molar-refractivity contribution < 1.29 is 19.6 Å². The van der Waals surface area contributed by atoms with Crippen LogP contribution in [0.2, 0.25) is 0 Å². The van der Waals surface area contributed by atoms with Gasteiger partial charge in [0.05, 0.1) is 4.92 Å². The topological polar surface area (TPSA) is 113 Å². The summed E-state index contributed by atoms with van der Waals surface area (Å²) in [6.07, 6.45) is -0.664. The highest BCUT2D eigenvalue weighted by Gasteiger charge is 2.26. The van der Waals surface area contributed by atoms with Crippen LogP contribution < -0.4 is 5.32 Å². The number of carbonyl (C=O) groups excluding carboxylic acids is 1. The van der Waals surface area contributed by atoms with E-state index in [2.05, 4.69) is 5.32 Å². The van der Waals surface area contributed by atoms with E-state index >= 15 is 0 Å². The molecule has 112 valence electrons. The Balaban J connectivity index is 2.14. The van der Waals surface area contributed by atoms with E-state index in [1.54, 1.807) is 6.07 Å². The van der Waals surface area contributed by atoms with Gasteiger partial charge in [-0.2, -0.15) is 0 Å². The summed E-state index contributed by atoms with van der Waals surface area (Å²) in [5.74, 6) is -0.338. The number of fused-ring (bicyclic) bond motifs is 1. The predicted molar refractivity (Wildman–Crippen MR) is 72.8 cm³/mol. The Morgan fingerprint density at radius 1 is 1.43 bits per heavy atom. The Kier molecular flexibility index (Phi) is 4.06. The number of nitro groups is 1. The molecule has 1 unspecified atom stereocenters. The van der Waals surface area contributed by atoms with Crippen LogP contribution in [0.15, 0.2) is 18.2 Å². The molecule has 0 saturated carbocycles. The first-order valence-electron chi connectivity index (χ1n) is 6.43. The van der Waals surface area contributed by atoms with Crippen molar-refractivity contribution in [3.63, 3.8) is 0 Å². The molecular weight excluding hydrogens is 278 g/mol. The van der Waals surface area contributed by atoms with Crippen molar-refractivity contribution in [3.8, 4) is 0 Å². The molecule has 2 rings (SSSR count). The Morgan fingerprint density at radius 3 is 2.76 bits per heavy atom. The molecule has 1 aromatic carbocycles. The SMILES string of the molecule is CC(NC(=O)O)C(=O)N1CCc2ccc([N+](=O)[O-])cc2C1. The van der Waals surface area contributed by atoms with E-state index in [0.717, 1.165) is 11.1 Å². The smallest absolute Gasteiger partial charge is 0.405 e. The monoisotopic (exact) mass is 293 g/mol. The summed E-state index contributed by atoms with van der Waals surface area (Å²) in [5, 5.41) is 21.5. The second kappa shape index (κ2) is 5.78. The number of rotatable bonds is 3. The van der Waals surface area contributed by atoms with Crippen LogP contribution in [0.1, 0.15) is 18.1 Å². The molecule has 0 bridgehead atoms. The fraction of sp³-hybridized carbons (Fsp3) is 0.385. The maximum absolute atomic E-state index is 12.1. The van der Waals surface area contributed by atoms with Crippen LogP contribution in [-0.4, -0.2) is 39.5 Å². The van der Waals surface area contributed by atoms with Gasteiger partial charge in [0.1, 0.15) is 6.04 Å². The van der Waals surface area contributed by atoms with E-state index in [-0.39, 0.29) is 18.1 Å². The third-order valence-corrected chi connectivity index (χ3v) is 3.44. The lowest BCUT2D eigenvalue weighted by Gasteiger charge is -2.30. The van der Waals surface area contributed by atoms with Crippen LogP contribution >= 0.6 is 0 Å². The predicted octanol–water partition coefficient (Wildman–Crippen LogP) is 1.14. The number of hydrogen-bond donors (Lipinski definition) is 2. The van der Waals surface area contributed by atoms with Crippen molar-refractivity contribution in [2.75, 3.05) is 6.54 Å². The first kappa shape index (κ1) is 14.8. The van der Waals surface area contributed by atoms with Crippen LogP contribution in [0, 0.1) is 10.1 Å². The minimum Gasteiger partial charge on any atom is -0.465 e. The quantitative estimate of drug-likeness (QED) is 0.641. The average molecular weight is 293 g/mol. The maximum atomic E-state index is 12.1. The number of hydrogen-bond acceptors (Lipinski definition) is 4. The fourth-order valence-corrected chi connectivity index (χ4v) is 2.37. The first-order valence-corrected chi connectivity index (χ1v) is 6.43.